The maximum Gasteiger partial charge on any atom is 0.260 e. The van der Waals surface area contributed by atoms with Crippen molar-refractivity contribution in [2.24, 2.45) is 17.8 Å². The van der Waals surface area contributed by atoms with Crippen LogP contribution in [-0.4, -0.2) is 28.0 Å². The Bertz CT molecular complexity index is 689. The quantitative estimate of drug-likeness (QED) is 0.865. The van der Waals surface area contributed by atoms with Crippen molar-refractivity contribution in [2.45, 2.75) is 58.6 Å². The molecule has 1 saturated carbocycles. The SMILES string of the molecule is Cc1cc(C)c([C@@]2(O)C(=O)N3C[C@@H](C)[C@@H]4CC[C@H]2[C@@]43C)c(C)c1. The molecule has 1 amide bonds. The van der Waals surface area contributed by atoms with E-state index < -0.39 is 5.60 Å². The summed E-state index contributed by atoms with van der Waals surface area (Å²) in [5.74, 6) is 1.02. The van der Waals surface area contributed by atoms with E-state index in [-0.39, 0.29) is 17.4 Å². The zero-order valence-corrected chi connectivity index (χ0v) is 14.8. The number of hydrogen-bond donors (Lipinski definition) is 1. The van der Waals surface area contributed by atoms with Gasteiger partial charge in [-0.05, 0) is 69.1 Å². The maximum atomic E-state index is 13.3. The van der Waals surface area contributed by atoms with Gasteiger partial charge in [0.1, 0.15) is 0 Å². The molecule has 2 aliphatic heterocycles. The first-order valence-corrected chi connectivity index (χ1v) is 8.85. The van der Waals surface area contributed by atoms with E-state index in [2.05, 4.69) is 32.9 Å². The summed E-state index contributed by atoms with van der Waals surface area (Å²) in [6, 6.07) is 4.18. The lowest BCUT2D eigenvalue weighted by Gasteiger charge is -2.34. The van der Waals surface area contributed by atoms with Gasteiger partial charge in [-0.3, -0.25) is 4.79 Å². The molecule has 1 N–H and O–H groups in total. The van der Waals surface area contributed by atoms with Crippen molar-refractivity contribution in [3.05, 3.63) is 34.4 Å². The normalized spacial score (nSPS) is 41.7. The van der Waals surface area contributed by atoms with Crippen LogP contribution in [0.1, 0.15) is 48.9 Å². The minimum Gasteiger partial charge on any atom is -0.375 e. The summed E-state index contributed by atoms with van der Waals surface area (Å²) in [4.78, 5) is 15.3. The summed E-state index contributed by atoms with van der Waals surface area (Å²) in [7, 11) is 0. The van der Waals surface area contributed by atoms with Gasteiger partial charge in [-0.25, -0.2) is 0 Å². The zero-order valence-electron chi connectivity index (χ0n) is 14.8. The van der Waals surface area contributed by atoms with Crippen LogP contribution in [-0.2, 0) is 10.4 Å². The first-order chi connectivity index (χ1) is 10.7. The summed E-state index contributed by atoms with van der Waals surface area (Å²) in [6.07, 6.45) is 2.06. The number of carbonyl (C=O) groups excluding carboxylic acids is 1. The molecule has 3 nitrogen and oxygen atoms in total. The van der Waals surface area contributed by atoms with E-state index in [1.165, 1.54) is 5.56 Å². The molecule has 1 aromatic carbocycles. The Morgan fingerprint density at radius 3 is 2.39 bits per heavy atom. The van der Waals surface area contributed by atoms with E-state index in [0.29, 0.717) is 11.8 Å². The topological polar surface area (TPSA) is 40.5 Å². The number of aryl methyl sites for hydroxylation is 3. The van der Waals surface area contributed by atoms with Crippen molar-refractivity contribution in [3.8, 4) is 0 Å². The third-order valence-corrected chi connectivity index (χ3v) is 7.10. The summed E-state index contributed by atoms with van der Waals surface area (Å²) in [5.41, 5.74) is 2.62. The molecular formula is C20H27NO2. The molecule has 23 heavy (non-hydrogen) atoms. The van der Waals surface area contributed by atoms with Gasteiger partial charge in [-0.15, -0.1) is 0 Å². The van der Waals surface area contributed by atoms with Gasteiger partial charge < -0.3 is 10.0 Å². The molecule has 3 heteroatoms. The Hall–Kier alpha value is -1.35. The Morgan fingerprint density at radius 1 is 1.17 bits per heavy atom. The highest BCUT2D eigenvalue weighted by Crippen LogP contribution is 2.63. The monoisotopic (exact) mass is 313 g/mol. The molecule has 2 heterocycles. The number of nitrogens with zero attached hydrogens (tertiary/aromatic N) is 1. The maximum absolute atomic E-state index is 13.3. The van der Waals surface area contributed by atoms with E-state index in [1.54, 1.807) is 0 Å². The van der Waals surface area contributed by atoms with Crippen LogP contribution in [0.5, 0.6) is 0 Å². The summed E-state index contributed by atoms with van der Waals surface area (Å²) >= 11 is 0. The Kier molecular flexibility index (Phi) is 2.90. The highest BCUT2D eigenvalue weighted by molar-refractivity contribution is 5.92. The fourth-order valence-electron chi connectivity index (χ4n) is 6.40. The molecule has 0 bridgehead atoms. The molecule has 1 aromatic rings. The second-order valence-corrected chi connectivity index (χ2v) is 8.40. The molecule has 0 unspecified atom stereocenters. The van der Waals surface area contributed by atoms with Gasteiger partial charge in [-0.2, -0.15) is 0 Å². The zero-order chi connectivity index (χ0) is 16.7. The predicted octanol–water partition coefficient (Wildman–Crippen LogP) is 3.08. The minimum absolute atomic E-state index is 0.0116. The van der Waals surface area contributed by atoms with Crippen LogP contribution >= 0.6 is 0 Å². The summed E-state index contributed by atoms with van der Waals surface area (Å²) in [6.45, 7) is 11.4. The molecule has 0 aromatic heterocycles. The van der Waals surface area contributed by atoms with Gasteiger partial charge in [0.25, 0.3) is 5.91 Å². The van der Waals surface area contributed by atoms with E-state index in [9.17, 15) is 9.90 Å². The fraction of sp³-hybridized carbons (Fsp3) is 0.650. The molecule has 3 aliphatic rings. The second kappa shape index (κ2) is 4.38. The molecular weight excluding hydrogens is 286 g/mol. The first-order valence-electron chi connectivity index (χ1n) is 8.85. The van der Waals surface area contributed by atoms with E-state index >= 15 is 0 Å². The number of carbonyl (C=O) groups is 1. The van der Waals surface area contributed by atoms with Crippen LogP contribution < -0.4 is 0 Å². The number of aliphatic hydroxyl groups is 1. The van der Waals surface area contributed by atoms with Crippen LogP contribution in [0.2, 0.25) is 0 Å². The lowest BCUT2D eigenvalue weighted by molar-refractivity contribution is -0.146. The molecule has 2 saturated heterocycles. The Morgan fingerprint density at radius 2 is 1.78 bits per heavy atom. The molecule has 1 aliphatic carbocycles. The van der Waals surface area contributed by atoms with E-state index in [0.717, 1.165) is 36.1 Å². The third kappa shape index (κ3) is 1.57. The fourth-order valence-corrected chi connectivity index (χ4v) is 6.40. The van der Waals surface area contributed by atoms with Crippen LogP contribution in [0.25, 0.3) is 0 Å². The van der Waals surface area contributed by atoms with E-state index in [1.807, 2.05) is 18.7 Å². The smallest absolute Gasteiger partial charge is 0.260 e. The highest BCUT2D eigenvalue weighted by atomic mass is 16.3. The number of benzene rings is 1. The molecule has 0 spiro atoms. The minimum atomic E-state index is -1.34. The molecule has 5 atom stereocenters. The van der Waals surface area contributed by atoms with Crippen molar-refractivity contribution < 1.29 is 9.90 Å². The van der Waals surface area contributed by atoms with Crippen LogP contribution in [0.15, 0.2) is 12.1 Å². The molecule has 0 radical (unpaired) electrons. The van der Waals surface area contributed by atoms with Gasteiger partial charge >= 0.3 is 0 Å². The lowest BCUT2D eigenvalue weighted by Crippen LogP contribution is -2.43. The van der Waals surface area contributed by atoms with Crippen molar-refractivity contribution in [1.82, 2.24) is 4.90 Å². The van der Waals surface area contributed by atoms with Crippen LogP contribution in [0.4, 0.5) is 0 Å². The molecule has 4 rings (SSSR count). The molecule has 124 valence electrons. The summed E-state index contributed by atoms with van der Waals surface area (Å²) in [5, 5.41) is 11.7. The van der Waals surface area contributed by atoms with Gasteiger partial charge in [0.15, 0.2) is 5.60 Å². The number of amides is 1. The first kappa shape index (κ1) is 15.2. The predicted molar refractivity (Wildman–Crippen MR) is 90.0 cm³/mol. The second-order valence-electron chi connectivity index (χ2n) is 8.40. The van der Waals surface area contributed by atoms with Gasteiger partial charge in [0.05, 0.1) is 0 Å². The van der Waals surface area contributed by atoms with Crippen LogP contribution in [0.3, 0.4) is 0 Å². The van der Waals surface area contributed by atoms with Gasteiger partial charge in [0, 0.05) is 18.0 Å². The largest absolute Gasteiger partial charge is 0.375 e. The van der Waals surface area contributed by atoms with Crippen molar-refractivity contribution in [2.75, 3.05) is 6.54 Å². The van der Waals surface area contributed by atoms with Crippen molar-refractivity contribution in [1.29, 1.82) is 0 Å². The van der Waals surface area contributed by atoms with Gasteiger partial charge in [0.2, 0.25) is 0 Å². The van der Waals surface area contributed by atoms with Gasteiger partial charge in [-0.1, -0.05) is 24.6 Å². The Balaban J connectivity index is 1.92. The number of rotatable bonds is 1. The Labute approximate surface area is 138 Å². The average molecular weight is 313 g/mol. The van der Waals surface area contributed by atoms with Crippen LogP contribution in [0, 0.1) is 38.5 Å². The standard InChI is InChI=1S/C20H27NO2/c1-11-8-12(2)17(13(3)9-11)20(23)16-7-6-15-14(4)10-21(18(20)22)19(15,16)5/h8-9,14-16,23H,6-7,10H2,1-5H3/t14-,15+,16+,19-,20-/m1/s1. The number of hydrogen-bond acceptors (Lipinski definition) is 2. The molecule has 3 fully saturated rings. The van der Waals surface area contributed by atoms with Crippen molar-refractivity contribution in [3.63, 3.8) is 0 Å². The summed E-state index contributed by atoms with van der Waals surface area (Å²) < 4.78 is 0. The lowest BCUT2D eigenvalue weighted by atomic mass is 9.71. The van der Waals surface area contributed by atoms with Crippen molar-refractivity contribution >= 4 is 5.91 Å². The highest BCUT2D eigenvalue weighted by Gasteiger charge is 2.72. The van der Waals surface area contributed by atoms with E-state index in [4.69, 9.17) is 0 Å². The third-order valence-electron chi connectivity index (χ3n) is 7.10. The average Bonchev–Trinajstić information content (AvgIpc) is 2.96.